The summed E-state index contributed by atoms with van der Waals surface area (Å²) in [6.45, 7) is 0.600. The first kappa shape index (κ1) is 8.74. The van der Waals surface area contributed by atoms with E-state index in [1.165, 1.54) is 0 Å². The van der Waals surface area contributed by atoms with Crippen LogP contribution in [-0.4, -0.2) is 28.3 Å². The number of carbonyl (C=O) groups is 1. The van der Waals surface area contributed by atoms with Gasteiger partial charge in [0.2, 0.25) is 0 Å². The van der Waals surface area contributed by atoms with Gasteiger partial charge >= 0.3 is 5.97 Å². The van der Waals surface area contributed by atoms with Crippen molar-refractivity contribution >= 4 is 5.97 Å². The van der Waals surface area contributed by atoms with E-state index in [0.29, 0.717) is 0 Å². The van der Waals surface area contributed by atoms with Crippen molar-refractivity contribution in [3.05, 3.63) is 10.4 Å². The van der Waals surface area contributed by atoms with Crippen molar-refractivity contribution in [1.82, 2.24) is 0 Å². The summed E-state index contributed by atoms with van der Waals surface area (Å²) < 4.78 is 0. The number of rotatable bonds is 3. The van der Waals surface area contributed by atoms with Gasteiger partial charge in [0.25, 0.3) is 0 Å². The Hall–Kier alpha value is -1.26. The van der Waals surface area contributed by atoms with Crippen LogP contribution in [0, 0.1) is 0 Å². The van der Waals surface area contributed by atoms with Gasteiger partial charge in [0.05, 0.1) is 6.54 Å². The fourth-order valence-corrected chi connectivity index (χ4v) is 0.237. The Labute approximate surface area is 56.7 Å². The molecule has 0 bridgehead atoms. The van der Waals surface area contributed by atoms with Crippen molar-refractivity contribution in [2.45, 2.75) is 12.5 Å². The molecule has 0 aromatic carbocycles. The highest BCUT2D eigenvalue weighted by Gasteiger charge is 2.28. The minimum absolute atomic E-state index is 0.459. The summed E-state index contributed by atoms with van der Waals surface area (Å²) in [6, 6.07) is 0. The van der Waals surface area contributed by atoms with Crippen molar-refractivity contribution < 1.29 is 15.0 Å². The number of aliphatic carboxylic acids is 1. The summed E-state index contributed by atoms with van der Waals surface area (Å²) in [5.41, 5.74) is 5.81. The monoisotopic (exact) mass is 145 g/mol. The van der Waals surface area contributed by atoms with Crippen LogP contribution in [0.3, 0.4) is 0 Å². The number of azide groups is 1. The summed E-state index contributed by atoms with van der Waals surface area (Å²) >= 11 is 0. The Kier molecular flexibility index (Phi) is 2.66. The van der Waals surface area contributed by atoms with Crippen LogP contribution in [0.4, 0.5) is 0 Å². The van der Waals surface area contributed by atoms with E-state index >= 15 is 0 Å². The van der Waals surface area contributed by atoms with Gasteiger partial charge in [-0.3, -0.25) is 0 Å². The van der Waals surface area contributed by atoms with Crippen LogP contribution < -0.4 is 0 Å². The molecule has 56 valence electrons. The maximum absolute atomic E-state index is 10.1. The van der Waals surface area contributed by atoms with Gasteiger partial charge in [-0.15, -0.1) is 0 Å². The fraction of sp³-hybridized carbons (Fsp3) is 0.750. The van der Waals surface area contributed by atoms with Gasteiger partial charge in [-0.1, -0.05) is 5.11 Å². The molecule has 0 aliphatic heterocycles. The van der Waals surface area contributed by atoms with E-state index in [0.717, 1.165) is 6.92 Å². The number of aliphatic hydroxyl groups is 1. The van der Waals surface area contributed by atoms with Crippen LogP contribution >= 0.6 is 0 Å². The first-order valence-electron chi connectivity index (χ1n) is 2.47. The molecule has 1 atom stereocenters. The molecule has 2 N–H and O–H groups in total. The van der Waals surface area contributed by atoms with Crippen LogP contribution in [-0.2, 0) is 4.79 Å². The second-order valence-electron chi connectivity index (χ2n) is 1.97. The van der Waals surface area contributed by atoms with Crippen molar-refractivity contribution in [3.63, 3.8) is 0 Å². The highest BCUT2D eigenvalue weighted by Crippen LogP contribution is 2.02. The molecular formula is C4H7N3O3. The first-order chi connectivity index (χ1) is 4.50. The maximum Gasteiger partial charge on any atom is 0.335 e. The van der Waals surface area contributed by atoms with E-state index < -0.39 is 18.1 Å². The molecule has 0 aromatic rings. The number of carboxylic acids is 1. The average Bonchev–Trinajstić information content (AvgIpc) is 1.84. The SMILES string of the molecule is C[C@@](O)(CN=[N+]=[N-])C(=O)O. The minimum atomic E-state index is -1.95. The van der Waals surface area contributed by atoms with Crippen LogP contribution in [0.2, 0.25) is 0 Å². The lowest BCUT2D eigenvalue weighted by atomic mass is 10.1. The first-order valence-corrected chi connectivity index (χ1v) is 2.47. The average molecular weight is 145 g/mol. The van der Waals surface area contributed by atoms with Crippen LogP contribution in [0.15, 0.2) is 5.11 Å². The molecule has 10 heavy (non-hydrogen) atoms. The zero-order chi connectivity index (χ0) is 8.20. The smallest absolute Gasteiger partial charge is 0.335 e. The molecule has 0 heterocycles. The molecule has 0 radical (unpaired) electrons. The zero-order valence-corrected chi connectivity index (χ0v) is 5.35. The lowest BCUT2D eigenvalue weighted by molar-refractivity contribution is -0.155. The van der Waals surface area contributed by atoms with E-state index in [1.807, 2.05) is 0 Å². The second kappa shape index (κ2) is 3.05. The summed E-state index contributed by atoms with van der Waals surface area (Å²) in [7, 11) is 0. The number of nitrogens with zero attached hydrogens (tertiary/aromatic N) is 3. The molecule has 0 rings (SSSR count). The van der Waals surface area contributed by atoms with E-state index in [-0.39, 0.29) is 0 Å². The molecule has 0 saturated heterocycles. The number of carboxylic acid groups (broad SMARTS) is 1. The summed E-state index contributed by atoms with van der Waals surface area (Å²) in [6.07, 6.45) is 0. The normalized spacial score (nSPS) is 15.0. The molecule has 6 nitrogen and oxygen atoms in total. The van der Waals surface area contributed by atoms with Crippen LogP contribution in [0.25, 0.3) is 10.4 Å². The largest absolute Gasteiger partial charge is 0.479 e. The fourth-order valence-electron chi connectivity index (χ4n) is 0.237. The molecule has 0 aliphatic carbocycles. The van der Waals surface area contributed by atoms with Crippen molar-refractivity contribution in [3.8, 4) is 0 Å². The number of hydrogen-bond donors (Lipinski definition) is 2. The van der Waals surface area contributed by atoms with Crippen molar-refractivity contribution in [2.24, 2.45) is 5.11 Å². The van der Waals surface area contributed by atoms with E-state index in [2.05, 4.69) is 10.0 Å². The summed E-state index contributed by atoms with van der Waals surface area (Å²) in [4.78, 5) is 12.4. The Balaban J connectivity index is 4.12. The lowest BCUT2D eigenvalue weighted by Gasteiger charge is -2.13. The van der Waals surface area contributed by atoms with E-state index in [1.54, 1.807) is 0 Å². The minimum Gasteiger partial charge on any atom is -0.479 e. The van der Waals surface area contributed by atoms with Gasteiger partial charge in [0.15, 0.2) is 5.60 Å². The van der Waals surface area contributed by atoms with Crippen LogP contribution in [0.1, 0.15) is 6.92 Å². The van der Waals surface area contributed by atoms with Gasteiger partial charge in [-0.2, -0.15) is 0 Å². The predicted octanol–water partition coefficient (Wildman–Crippen LogP) is 0.132. The Morgan fingerprint density at radius 1 is 1.90 bits per heavy atom. The van der Waals surface area contributed by atoms with Crippen LogP contribution in [0.5, 0.6) is 0 Å². The van der Waals surface area contributed by atoms with E-state index in [9.17, 15) is 4.79 Å². The third-order valence-electron chi connectivity index (χ3n) is 0.903. The highest BCUT2D eigenvalue weighted by molar-refractivity contribution is 5.76. The topological polar surface area (TPSA) is 106 Å². The molecule has 0 amide bonds. The Morgan fingerprint density at radius 3 is 2.70 bits per heavy atom. The third kappa shape index (κ3) is 2.34. The molecule has 0 spiro atoms. The van der Waals surface area contributed by atoms with Gasteiger partial charge in [0.1, 0.15) is 0 Å². The standard InChI is InChI=1S/C4H7N3O3/c1-4(10,3(8)9)2-6-7-5/h10H,2H2,1H3,(H,8,9)/t4-/m1/s1. The third-order valence-corrected chi connectivity index (χ3v) is 0.903. The molecule has 0 unspecified atom stereocenters. The van der Waals surface area contributed by atoms with Gasteiger partial charge in [0, 0.05) is 4.91 Å². The molecule has 0 aliphatic rings. The van der Waals surface area contributed by atoms with Crippen molar-refractivity contribution in [2.75, 3.05) is 6.54 Å². The predicted molar refractivity (Wildman–Crippen MR) is 32.3 cm³/mol. The lowest BCUT2D eigenvalue weighted by Crippen LogP contribution is -2.37. The molecular weight excluding hydrogens is 138 g/mol. The zero-order valence-electron chi connectivity index (χ0n) is 5.35. The van der Waals surface area contributed by atoms with Gasteiger partial charge in [-0.05, 0) is 12.5 Å². The number of hydrogen-bond acceptors (Lipinski definition) is 3. The van der Waals surface area contributed by atoms with E-state index in [4.69, 9.17) is 15.7 Å². The van der Waals surface area contributed by atoms with Gasteiger partial charge < -0.3 is 10.2 Å². The quantitative estimate of drug-likeness (QED) is 0.335. The Morgan fingerprint density at radius 2 is 2.40 bits per heavy atom. The second-order valence-corrected chi connectivity index (χ2v) is 1.97. The maximum atomic E-state index is 10.1. The highest BCUT2D eigenvalue weighted by atomic mass is 16.4. The summed E-state index contributed by atoms with van der Waals surface area (Å²) in [5.74, 6) is -1.40. The summed E-state index contributed by atoms with van der Waals surface area (Å²) in [5, 5.41) is 20.0. The molecule has 0 aromatic heterocycles. The molecule has 0 fully saturated rings. The van der Waals surface area contributed by atoms with Gasteiger partial charge in [-0.25, -0.2) is 4.79 Å². The molecule has 0 saturated carbocycles. The molecule has 6 heteroatoms. The van der Waals surface area contributed by atoms with Crippen molar-refractivity contribution in [1.29, 1.82) is 0 Å². The Bertz CT molecular complexity index is 182.